The smallest absolute Gasteiger partial charge is 0.168 e. The van der Waals surface area contributed by atoms with Crippen molar-refractivity contribution in [3.05, 3.63) is 176 Å². The first-order valence-corrected chi connectivity index (χ1v) is 19.5. The molecule has 5 nitrogen and oxygen atoms in total. The minimum absolute atomic E-state index is 0.818. The topological polar surface area (TPSA) is 40.0 Å². The number of rotatable bonds is 2. The van der Waals surface area contributed by atoms with E-state index in [4.69, 9.17) is 10.2 Å². The molecular formula is C52H29N5. The number of hydrogen-bond donors (Lipinski definition) is 0. The van der Waals surface area contributed by atoms with Gasteiger partial charge >= 0.3 is 0 Å². The van der Waals surface area contributed by atoms with Gasteiger partial charge in [-0.05, 0) is 57.9 Å². The van der Waals surface area contributed by atoms with Crippen LogP contribution < -0.4 is 0 Å². The first-order valence-electron chi connectivity index (χ1n) is 19.5. The summed E-state index contributed by atoms with van der Waals surface area (Å²) in [6.07, 6.45) is 0. The fourth-order valence-electron chi connectivity index (χ4n) is 10.4. The Morgan fingerprint density at radius 2 is 0.737 bits per heavy atom. The Morgan fingerprint density at radius 3 is 1.39 bits per heavy atom. The van der Waals surface area contributed by atoms with E-state index >= 15 is 0 Å². The van der Waals surface area contributed by atoms with Gasteiger partial charge in [0.25, 0.3) is 0 Å². The zero-order valence-electron chi connectivity index (χ0n) is 30.5. The van der Waals surface area contributed by atoms with Crippen LogP contribution in [0.15, 0.2) is 176 Å². The van der Waals surface area contributed by atoms with Gasteiger partial charge in [0.2, 0.25) is 0 Å². The second-order valence-electron chi connectivity index (χ2n) is 15.4. The van der Waals surface area contributed by atoms with Crippen molar-refractivity contribution in [2.24, 2.45) is 0 Å². The van der Waals surface area contributed by atoms with Gasteiger partial charge in [-0.3, -0.25) is 9.13 Å². The monoisotopic (exact) mass is 723 g/mol. The number of nitrogens with zero attached hydrogens (tertiary/aromatic N) is 5. The van der Waals surface area contributed by atoms with Crippen molar-refractivity contribution in [3.63, 3.8) is 0 Å². The Bertz CT molecular complexity index is 4050. The lowest BCUT2D eigenvalue weighted by Crippen LogP contribution is -2.06. The van der Waals surface area contributed by atoms with E-state index in [0.29, 0.717) is 0 Å². The average molecular weight is 724 g/mol. The fraction of sp³-hybridized carbons (Fsp3) is 0. The molecular weight excluding hydrogens is 695 g/mol. The molecule has 0 aliphatic carbocycles. The summed E-state index contributed by atoms with van der Waals surface area (Å²) < 4.78 is 7.19. The third-order valence-electron chi connectivity index (χ3n) is 12.6. The maximum absolute atomic E-state index is 5.32. The Kier molecular flexibility index (Phi) is 5.45. The van der Waals surface area contributed by atoms with E-state index in [0.717, 1.165) is 44.5 Å². The van der Waals surface area contributed by atoms with Gasteiger partial charge in [0.15, 0.2) is 11.6 Å². The van der Waals surface area contributed by atoms with Crippen LogP contribution in [-0.4, -0.2) is 23.7 Å². The standard InChI is InChI=1S/C52H29N5/c1-3-15-32-30(13-1)25-27-44-46(32)37-20-8-12-24-43(37)56(44)51-35-18-5-6-19-36(35)52(54-53-51)57-45-28-26-31-14-2-4-16-33(31)47(45)40-29-39-34-17-7-10-22-41(34)55-42-23-11-9-21-38(42)48(49(39)55)50(40)57/h1-29H. The third kappa shape index (κ3) is 3.60. The van der Waals surface area contributed by atoms with Crippen molar-refractivity contribution in [2.45, 2.75) is 0 Å². The van der Waals surface area contributed by atoms with E-state index < -0.39 is 0 Å². The van der Waals surface area contributed by atoms with Crippen LogP contribution >= 0.6 is 0 Å². The van der Waals surface area contributed by atoms with E-state index in [2.05, 4.69) is 189 Å². The summed E-state index contributed by atoms with van der Waals surface area (Å²) in [4.78, 5) is 0. The van der Waals surface area contributed by atoms with Crippen LogP contribution in [0.25, 0.3) is 126 Å². The Balaban J connectivity index is 1.18. The Morgan fingerprint density at radius 1 is 0.281 bits per heavy atom. The molecule has 57 heavy (non-hydrogen) atoms. The van der Waals surface area contributed by atoms with Crippen LogP contribution in [0.3, 0.4) is 0 Å². The molecule has 0 saturated heterocycles. The third-order valence-corrected chi connectivity index (χ3v) is 12.6. The van der Waals surface area contributed by atoms with Gasteiger partial charge in [0.1, 0.15) is 0 Å². The Hall–Kier alpha value is -7.76. The van der Waals surface area contributed by atoms with Gasteiger partial charge in [-0.2, -0.15) is 0 Å². The molecule has 0 unspecified atom stereocenters. The number of para-hydroxylation sites is 3. The number of fused-ring (bicyclic) bond motifs is 18. The van der Waals surface area contributed by atoms with Crippen LogP contribution in [0.1, 0.15) is 0 Å². The van der Waals surface area contributed by atoms with Gasteiger partial charge in [0, 0.05) is 53.9 Å². The number of benzene rings is 9. The predicted molar refractivity (Wildman–Crippen MR) is 238 cm³/mol. The summed E-state index contributed by atoms with van der Waals surface area (Å²) in [5, 5.41) is 27.4. The van der Waals surface area contributed by atoms with E-state index in [1.807, 2.05) is 0 Å². The molecule has 14 rings (SSSR count). The molecule has 5 heterocycles. The van der Waals surface area contributed by atoms with Gasteiger partial charge in [0.05, 0.1) is 38.6 Å². The minimum atomic E-state index is 0.818. The van der Waals surface area contributed by atoms with Gasteiger partial charge in [-0.15, -0.1) is 10.2 Å². The summed E-state index contributed by atoms with van der Waals surface area (Å²) in [5.74, 6) is 1.64. The molecule has 0 radical (unpaired) electrons. The average Bonchev–Trinajstić information content (AvgIpc) is 4.00. The SMILES string of the molecule is c1ccc2c(c1)ccc1c2c2ccccc2n1-c1nnc(-n2c3ccc4ccccc4c3c3cc4c5ccccc5n5c6ccccc6c(c32)c45)c2ccccc12. The van der Waals surface area contributed by atoms with Gasteiger partial charge in [-0.25, -0.2) is 0 Å². The molecule has 0 atom stereocenters. The Labute approximate surface area is 324 Å². The second-order valence-corrected chi connectivity index (χ2v) is 15.4. The first-order chi connectivity index (χ1) is 28.3. The second kappa shape index (κ2) is 10.5. The molecule has 0 saturated carbocycles. The highest BCUT2D eigenvalue weighted by Gasteiger charge is 2.27. The number of aromatic nitrogens is 5. The summed E-state index contributed by atoms with van der Waals surface area (Å²) >= 11 is 0. The van der Waals surface area contributed by atoms with E-state index in [1.165, 1.54) is 81.2 Å². The van der Waals surface area contributed by atoms with E-state index in [1.54, 1.807) is 0 Å². The molecule has 0 aliphatic rings. The van der Waals surface area contributed by atoms with Gasteiger partial charge < -0.3 is 4.40 Å². The lowest BCUT2D eigenvalue weighted by atomic mass is 10.0. The lowest BCUT2D eigenvalue weighted by Gasteiger charge is -2.15. The molecule has 9 aromatic carbocycles. The maximum Gasteiger partial charge on any atom is 0.168 e. The van der Waals surface area contributed by atoms with Crippen LogP contribution in [0.4, 0.5) is 0 Å². The summed E-state index contributed by atoms with van der Waals surface area (Å²) in [7, 11) is 0. The van der Waals surface area contributed by atoms with Crippen LogP contribution in [-0.2, 0) is 0 Å². The maximum atomic E-state index is 5.32. The normalized spacial score (nSPS) is 12.6. The molecule has 0 N–H and O–H groups in total. The molecule has 262 valence electrons. The van der Waals surface area contributed by atoms with Crippen molar-refractivity contribution in [1.82, 2.24) is 23.7 Å². The molecule has 0 bridgehead atoms. The van der Waals surface area contributed by atoms with Crippen molar-refractivity contribution < 1.29 is 0 Å². The molecule has 0 amide bonds. The summed E-state index contributed by atoms with van der Waals surface area (Å²) in [6.45, 7) is 0. The van der Waals surface area contributed by atoms with E-state index in [-0.39, 0.29) is 0 Å². The van der Waals surface area contributed by atoms with Crippen molar-refractivity contribution >= 4 is 114 Å². The van der Waals surface area contributed by atoms with Crippen molar-refractivity contribution in [3.8, 4) is 11.6 Å². The highest BCUT2D eigenvalue weighted by Crippen LogP contribution is 2.48. The highest BCUT2D eigenvalue weighted by atomic mass is 15.3. The zero-order chi connectivity index (χ0) is 36.9. The van der Waals surface area contributed by atoms with E-state index in [9.17, 15) is 0 Å². The number of hydrogen-bond acceptors (Lipinski definition) is 2. The quantitative estimate of drug-likeness (QED) is 0.178. The molecule has 14 aromatic rings. The molecule has 5 heteroatoms. The lowest BCUT2D eigenvalue weighted by molar-refractivity contribution is 0.930. The van der Waals surface area contributed by atoms with Crippen LogP contribution in [0.5, 0.6) is 0 Å². The van der Waals surface area contributed by atoms with Gasteiger partial charge in [-0.1, -0.05) is 140 Å². The predicted octanol–water partition coefficient (Wildman–Crippen LogP) is 13.3. The molecule has 0 spiro atoms. The summed E-state index contributed by atoms with van der Waals surface area (Å²) in [5.41, 5.74) is 8.16. The first kappa shape index (κ1) is 29.6. The molecule has 0 aliphatic heterocycles. The zero-order valence-corrected chi connectivity index (χ0v) is 30.5. The minimum Gasteiger partial charge on any atom is -0.308 e. The highest BCUT2D eigenvalue weighted by molar-refractivity contribution is 6.36. The van der Waals surface area contributed by atoms with Crippen molar-refractivity contribution in [2.75, 3.05) is 0 Å². The fourth-order valence-corrected chi connectivity index (χ4v) is 10.4. The largest absolute Gasteiger partial charge is 0.308 e. The molecule has 5 aromatic heterocycles. The summed E-state index contributed by atoms with van der Waals surface area (Å²) in [6, 6.07) is 63.9. The van der Waals surface area contributed by atoms with Crippen molar-refractivity contribution in [1.29, 1.82) is 0 Å². The van der Waals surface area contributed by atoms with Crippen LogP contribution in [0, 0.1) is 0 Å². The molecule has 0 fully saturated rings. The van der Waals surface area contributed by atoms with Crippen LogP contribution in [0.2, 0.25) is 0 Å².